The molecule has 0 aromatic rings. The number of rotatable bonds is 5. The first-order valence-electron chi connectivity index (χ1n) is 5.29. The number of nitrogens with zero attached hydrogens (tertiary/aromatic N) is 1. The summed E-state index contributed by atoms with van der Waals surface area (Å²) in [5.41, 5.74) is 5.75. The van der Waals surface area contributed by atoms with E-state index < -0.39 is 0 Å². The number of hydrogen-bond donors (Lipinski definition) is 2. The van der Waals surface area contributed by atoms with Gasteiger partial charge in [0.05, 0.1) is 6.10 Å². The van der Waals surface area contributed by atoms with Crippen LogP contribution in [0.1, 0.15) is 26.7 Å². The molecule has 78 valence electrons. The smallest absolute Gasteiger partial charge is 0.0675 e. The Labute approximate surface area is 80.9 Å². The average molecular weight is 186 g/mol. The number of hydrogen-bond acceptors (Lipinski definition) is 3. The normalized spacial score (nSPS) is 24.0. The van der Waals surface area contributed by atoms with Crippen molar-refractivity contribution < 1.29 is 5.11 Å². The van der Waals surface area contributed by atoms with Gasteiger partial charge in [-0.1, -0.05) is 13.3 Å². The number of aliphatic hydroxyl groups is 1. The second kappa shape index (κ2) is 4.94. The first kappa shape index (κ1) is 11.0. The quantitative estimate of drug-likeness (QED) is 0.654. The Bertz CT molecular complexity index is 144. The number of aliphatic hydroxyl groups excluding tert-OH is 1. The summed E-state index contributed by atoms with van der Waals surface area (Å²) in [7, 11) is 0. The topological polar surface area (TPSA) is 49.5 Å². The van der Waals surface area contributed by atoms with E-state index in [2.05, 4.69) is 11.8 Å². The van der Waals surface area contributed by atoms with E-state index in [4.69, 9.17) is 5.73 Å². The Hall–Kier alpha value is -0.120. The van der Waals surface area contributed by atoms with Gasteiger partial charge in [0.2, 0.25) is 0 Å². The van der Waals surface area contributed by atoms with E-state index in [-0.39, 0.29) is 12.1 Å². The van der Waals surface area contributed by atoms with Crippen LogP contribution in [0.2, 0.25) is 0 Å². The molecule has 13 heavy (non-hydrogen) atoms. The zero-order valence-corrected chi connectivity index (χ0v) is 8.74. The van der Waals surface area contributed by atoms with Gasteiger partial charge in [-0.15, -0.1) is 0 Å². The van der Waals surface area contributed by atoms with Crippen molar-refractivity contribution >= 4 is 0 Å². The van der Waals surface area contributed by atoms with Gasteiger partial charge in [0, 0.05) is 25.7 Å². The lowest BCUT2D eigenvalue weighted by atomic mass is 9.94. The van der Waals surface area contributed by atoms with Crippen molar-refractivity contribution in [3.8, 4) is 0 Å². The van der Waals surface area contributed by atoms with Crippen molar-refractivity contribution in [2.45, 2.75) is 38.8 Å². The fourth-order valence-electron chi connectivity index (χ4n) is 1.87. The summed E-state index contributed by atoms with van der Waals surface area (Å²) in [5, 5.41) is 9.21. The molecule has 0 saturated carbocycles. The minimum atomic E-state index is -0.384. The molecule has 2 atom stereocenters. The van der Waals surface area contributed by atoms with Gasteiger partial charge in [0.25, 0.3) is 0 Å². The summed E-state index contributed by atoms with van der Waals surface area (Å²) in [6.45, 7) is 7.18. The fraction of sp³-hybridized carbons (Fsp3) is 1.00. The largest absolute Gasteiger partial charge is 0.392 e. The minimum Gasteiger partial charge on any atom is -0.392 e. The second-order valence-electron chi connectivity index (χ2n) is 4.28. The highest BCUT2D eigenvalue weighted by atomic mass is 16.3. The minimum absolute atomic E-state index is 0.0809. The van der Waals surface area contributed by atoms with Gasteiger partial charge in [0.15, 0.2) is 0 Å². The highest BCUT2D eigenvalue weighted by Crippen LogP contribution is 2.20. The van der Waals surface area contributed by atoms with E-state index in [0.29, 0.717) is 0 Å². The summed E-state index contributed by atoms with van der Waals surface area (Å²) in [5.74, 6) is 0.881. The molecule has 0 radical (unpaired) electrons. The maximum absolute atomic E-state index is 9.21. The molecule has 1 saturated heterocycles. The lowest BCUT2D eigenvalue weighted by Gasteiger charge is -2.41. The predicted octanol–water partition coefficient (Wildman–Crippen LogP) is 0.426. The third kappa shape index (κ3) is 3.25. The molecule has 1 heterocycles. The highest BCUT2D eigenvalue weighted by molar-refractivity contribution is 4.83. The van der Waals surface area contributed by atoms with Crippen LogP contribution in [0.25, 0.3) is 0 Å². The zero-order valence-electron chi connectivity index (χ0n) is 8.74. The second-order valence-corrected chi connectivity index (χ2v) is 4.28. The molecule has 0 spiro atoms. The Morgan fingerprint density at radius 2 is 2.15 bits per heavy atom. The summed E-state index contributed by atoms with van der Waals surface area (Å²) < 4.78 is 0. The fourth-order valence-corrected chi connectivity index (χ4v) is 1.87. The molecule has 0 amide bonds. The lowest BCUT2D eigenvalue weighted by molar-refractivity contribution is 0.0607. The standard InChI is InChI=1S/C10H22N2O/c1-3-4-9-5-12(6-9)7-10(11)8(2)13/h8-10,13H,3-7,11H2,1-2H3. The molecule has 3 heteroatoms. The number of nitrogens with two attached hydrogens (primary N) is 1. The van der Waals surface area contributed by atoms with Crippen molar-refractivity contribution in [3.05, 3.63) is 0 Å². The van der Waals surface area contributed by atoms with Gasteiger partial charge in [-0.3, -0.25) is 0 Å². The maximum atomic E-state index is 9.21. The van der Waals surface area contributed by atoms with E-state index in [1.807, 2.05) is 0 Å². The molecule has 2 unspecified atom stereocenters. The zero-order chi connectivity index (χ0) is 9.84. The van der Waals surface area contributed by atoms with Crippen molar-refractivity contribution in [2.75, 3.05) is 19.6 Å². The monoisotopic (exact) mass is 186 g/mol. The number of likely N-dealkylation sites (tertiary alicyclic amines) is 1. The van der Waals surface area contributed by atoms with Crippen LogP contribution in [-0.4, -0.2) is 41.8 Å². The van der Waals surface area contributed by atoms with Crippen LogP contribution in [0.4, 0.5) is 0 Å². The van der Waals surface area contributed by atoms with Crippen LogP contribution in [0.15, 0.2) is 0 Å². The molecule has 0 bridgehead atoms. The molecule has 0 aromatic heterocycles. The average Bonchev–Trinajstić information content (AvgIpc) is 2.00. The first-order valence-corrected chi connectivity index (χ1v) is 5.29. The molecule has 1 aliphatic heterocycles. The van der Waals surface area contributed by atoms with Crippen LogP contribution in [0.5, 0.6) is 0 Å². The SMILES string of the molecule is CCCC1CN(CC(N)C(C)O)C1. The lowest BCUT2D eigenvalue weighted by Crippen LogP contribution is -2.53. The van der Waals surface area contributed by atoms with Crippen molar-refractivity contribution in [1.29, 1.82) is 0 Å². The Morgan fingerprint density at radius 1 is 1.54 bits per heavy atom. The van der Waals surface area contributed by atoms with E-state index in [1.54, 1.807) is 6.92 Å². The van der Waals surface area contributed by atoms with Crippen LogP contribution in [-0.2, 0) is 0 Å². The first-order chi connectivity index (χ1) is 6.13. The predicted molar refractivity (Wildman–Crippen MR) is 54.5 cm³/mol. The molecule has 3 nitrogen and oxygen atoms in total. The Kier molecular flexibility index (Phi) is 4.16. The summed E-state index contributed by atoms with van der Waals surface area (Å²) in [6.07, 6.45) is 2.23. The third-order valence-corrected chi connectivity index (χ3v) is 2.82. The van der Waals surface area contributed by atoms with Crippen molar-refractivity contribution in [1.82, 2.24) is 4.90 Å². The van der Waals surface area contributed by atoms with Gasteiger partial charge in [-0.2, -0.15) is 0 Å². The van der Waals surface area contributed by atoms with E-state index in [1.165, 1.54) is 25.9 Å². The van der Waals surface area contributed by atoms with E-state index >= 15 is 0 Å². The van der Waals surface area contributed by atoms with Gasteiger partial charge in [-0.05, 0) is 19.3 Å². The highest BCUT2D eigenvalue weighted by Gasteiger charge is 2.27. The molecule has 0 aromatic carbocycles. The maximum Gasteiger partial charge on any atom is 0.0675 e. The third-order valence-electron chi connectivity index (χ3n) is 2.82. The molecule has 3 N–H and O–H groups in total. The molecular weight excluding hydrogens is 164 g/mol. The van der Waals surface area contributed by atoms with Gasteiger partial charge >= 0.3 is 0 Å². The molecule has 1 rings (SSSR count). The van der Waals surface area contributed by atoms with Gasteiger partial charge in [-0.25, -0.2) is 0 Å². The van der Waals surface area contributed by atoms with E-state index in [0.717, 1.165) is 12.5 Å². The van der Waals surface area contributed by atoms with Gasteiger partial charge < -0.3 is 15.7 Å². The van der Waals surface area contributed by atoms with Gasteiger partial charge in [0.1, 0.15) is 0 Å². The Balaban J connectivity index is 2.07. The van der Waals surface area contributed by atoms with E-state index in [9.17, 15) is 5.11 Å². The van der Waals surface area contributed by atoms with Crippen LogP contribution in [0, 0.1) is 5.92 Å². The van der Waals surface area contributed by atoms with Crippen LogP contribution < -0.4 is 5.73 Å². The Morgan fingerprint density at radius 3 is 2.62 bits per heavy atom. The summed E-state index contributed by atoms with van der Waals surface area (Å²) in [4.78, 5) is 2.33. The molecule has 0 aliphatic carbocycles. The summed E-state index contributed by atoms with van der Waals surface area (Å²) in [6, 6.07) is -0.0809. The molecule has 1 fully saturated rings. The molecule has 1 aliphatic rings. The van der Waals surface area contributed by atoms with Crippen molar-refractivity contribution in [3.63, 3.8) is 0 Å². The van der Waals surface area contributed by atoms with Crippen LogP contribution in [0.3, 0.4) is 0 Å². The molecular formula is C10H22N2O. The van der Waals surface area contributed by atoms with Crippen LogP contribution >= 0.6 is 0 Å². The summed E-state index contributed by atoms with van der Waals surface area (Å²) >= 11 is 0. The van der Waals surface area contributed by atoms with Crippen molar-refractivity contribution in [2.24, 2.45) is 11.7 Å².